The van der Waals surface area contributed by atoms with E-state index in [2.05, 4.69) is 12.6 Å². The molecule has 0 aliphatic carbocycles. The van der Waals surface area contributed by atoms with Gasteiger partial charge in [-0.25, -0.2) is 0 Å². The van der Waals surface area contributed by atoms with Crippen LogP contribution >= 0.6 is 0 Å². The lowest BCUT2D eigenvalue weighted by atomic mass is 9.90. The Labute approximate surface area is 313 Å². The van der Waals surface area contributed by atoms with Gasteiger partial charge in [0.25, 0.3) is 0 Å². The predicted octanol–water partition coefficient (Wildman–Crippen LogP) is 0.800. The van der Waals surface area contributed by atoms with Gasteiger partial charge in [0.05, 0.1) is 140 Å². The quantitative estimate of drug-likeness (QED) is 0.0476. The Bertz CT molecular complexity index is 1100. The van der Waals surface area contributed by atoms with Gasteiger partial charge in [0.1, 0.15) is 36.6 Å². The van der Waals surface area contributed by atoms with Gasteiger partial charge >= 0.3 is 0 Å². The number of ether oxygens (including phenoxy) is 5. The van der Waals surface area contributed by atoms with Crippen LogP contribution < -0.4 is 0 Å². The second-order valence-corrected chi connectivity index (χ2v) is 10.4. The minimum atomic E-state index is -1.67. The van der Waals surface area contributed by atoms with Crippen molar-refractivity contribution in [3.63, 3.8) is 0 Å². The molecule has 53 heavy (non-hydrogen) atoms. The van der Waals surface area contributed by atoms with E-state index in [0.29, 0.717) is 19.3 Å². The van der Waals surface area contributed by atoms with Crippen molar-refractivity contribution in [1.29, 1.82) is 36.8 Å². The fourth-order valence-electron chi connectivity index (χ4n) is 4.01. The van der Waals surface area contributed by atoms with E-state index < -0.39 is 55.9 Å². The molecule has 0 amide bonds. The van der Waals surface area contributed by atoms with Crippen LogP contribution in [0.4, 0.5) is 0 Å². The monoisotopic (exact) mass is 749 g/mol. The average molecular weight is 750 g/mol. The van der Waals surface area contributed by atoms with Crippen molar-refractivity contribution >= 4 is 0 Å². The molecule has 0 aromatic heterocycles. The lowest BCUT2D eigenvalue weighted by molar-refractivity contribution is -0.173. The molecule has 8 atom stereocenters. The van der Waals surface area contributed by atoms with E-state index in [9.17, 15) is 0 Å². The Balaban J connectivity index is -0.000000585. The van der Waals surface area contributed by atoms with Gasteiger partial charge in [-0.15, -0.1) is 0 Å². The van der Waals surface area contributed by atoms with E-state index in [1.54, 1.807) is 6.07 Å². The van der Waals surface area contributed by atoms with Crippen LogP contribution in [0.2, 0.25) is 0 Å². The highest BCUT2D eigenvalue weighted by molar-refractivity contribution is 4.93. The zero-order chi connectivity index (χ0) is 39.8. The van der Waals surface area contributed by atoms with E-state index in [4.69, 9.17) is 91.2 Å². The second-order valence-electron chi connectivity index (χ2n) is 10.4. The molecule has 0 aliphatic rings. The first-order valence-electron chi connectivity index (χ1n) is 16.3. The Morgan fingerprint density at radius 2 is 0.925 bits per heavy atom. The summed E-state index contributed by atoms with van der Waals surface area (Å²) < 4.78 is 29.5. The fraction of sp³-hybridized carbons (Fsp3) is 0.743. The topological polar surface area (TPSA) is 334 Å². The Hall–Kier alpha value is -4.27. The highest BCUT2D eigenvalue weighted by Crippen LogP contribution is 2.26. The number of hydrogen-bond acceptors (Lipinski definition) is 18. The highest BCUT2D eigenvalue weighted by atomic mass is 16.6. The van der Waals surface area contributed by atoms with Gasteiger partial charge < -0.3 is 54.3 Å². The first-order valence-corrected chi connectivity index (χ1v) is 16.3. The molecule has 0 aromatic carbocycles. The van der Waals surface area contributed by atoms with Gasteiger partial charge in [-0.05, 0) is 12.8 Å². The lowest BCUT2D eigenvalue weighted by Gasteiger charge is -2.37. The number of allylic oxidation sites excluding steroid dienone is 1. The van der Waals surface area contributed by atoms with Crippen molar-refractivity contribution in [2.45, 2.75) is 102 Å². The molecule has 296 valence electrons. The summed E-state index contributed by atoms with van der Waals surface area (Å²) in [6, 6.07) is 13.9. The molecule has 0 rings (SSSR count). The first kappa shape index (κ1) is 55.5. The summed E-state index contributed by atoms with van der Waals surface area (Å²) in [4.78, 5) is 0. The largest absolute Gasteiger partial charge is 0.394 e. The van der Waals surface area contributed by atoms with Crippen molar-refractivity contribution in [2.75, 3.05) is 59.5 Å². The van der Waals surface area contributed by atoms with Crippen LogP contribution in [0.1, 0.15) is 58.8 Å². The Morgan fingerprint density at radius 3 is 1.32 bits per heavy atom. The molecule has 18 nitrogen and oxygen atoms in total. The van der Waals surface area contributed by atoms with Gasteiger partial charge in [0, 0.05) is 18.4 Å². The third-order valence-electron chi connectivity index (χ3n) is 6.55. The summed E-state index contributed by atoms with van der Waals surface area (Å²) in [5, 5.41) is 113. The minimum Gasteiger partial charge on any atom is -0.394 e. The maximum atomic E-state index is 9.03. The number of aliphatic hydroxyl groups is 6. The number of nitriles is 7. The molecule has 18 heteroatoms. The van der Waals surface area contributed by atoms with Crippen LogP contribution in [-0.4, -0.2) is 133 Å². The molecule has 0 saturated heterocycles. The van der Waals surface area contributed by atoms with Gasteiger partial charge in [0.2, 0.25) is 0 Å². The number of aliphatic hydroxyl groups excluding tert-OH is 6. The van der Waals surface area contributed by atoms with Crippen molar-refractivity contribution in [3.05, 3.63) is 12.7 Å². The maximum absolute atomic E-state index is 9.03. The zero-order valence-corrected chi connectivity index (χ0v) is 29.3. The average Bonchev–Trinajstić information content (AvgIpc) is 3.16. The standard InChI is InChI=1S/C25H34N6O5.C6H14O6.C3H3N.CH4/c26-9-2-1-8-22(20-32-15-3-10-27)24(35-18-6-13-30)25(36-19-7-14-31)23(34-17-5-12-29)21-33-16-4-11-28;7-1-3(9)5(11)6(12)4(10)2-8;1-2-3-4;/h22-25H,1-8,15-21H2;3-12H,1-2H2;2H,1H2;1H4/t22-,23+,24-,25-;3-,4+,5-,6-;;/m11../s1. The Morgan fingerprint density at radius 1 is 0.547 bits per heavy atom. The number of nitrogens with zero attached hydrogens (tertiary/aromatic N) is 7. The van der Waals surface area contributed by atoms with Crippen LogP contribution in [0, 0.1) is 85.2 Å². The van der Waals surface area contributed by atoms with E-state index in [0.717, 1.165) is 0 Å². The number of unbranched alkanes of at least 4 members (excludes halogenated alkanes) is 1. The van der Waals surface area contributed by atoms with Crippen molar-refractivity contribution in [2.24, 2.45) is 5.92 Å². The first-order chi connectivity index (χ1) is 25.1. The van der Waals surface area contributed by atoms with Crippen LogP contribution in [0.5, 0.6) is 0 Å². The molecule has 0 fully saturated rings. The summed E-state index contributed by atoms with van der Waals surface area (Å²) >= 11 is 0. The summed E-state index contributed by atoms with van der Waals surface area (Å²) in [5.41, 5.74) is 0. The molecular formula is C35H55N7O11. The van der Waals surface area contributed by atoms with Gasteiger partial charge in [-0.2, -0.15) is 36.8 Å². The molecule has 0 spiro atoms. The molecule has 0 bridgehead atoms. The summed E-state index contributed by atoms with van der Waals surface area (Å²) in [6.45, 7) is 2.69. The number of rotatable bonds is 28. The minimum absolute atomic E-state index is 0. The summed E-state index contributed by atoms with van der Waals surface area (Å²) in [5.74, 6) is -0.274. The highest BCUT2D eigenvalue weighted by Gasteiger charge is 2.38. The van der Waals surface area contributed by atoms with Gasteiger partial charge in [0.15, 0.2) is 0 Å². The molecule has 0 heterocycles. The van der Waals surface area contributed by atoms with E-state index in [1.807, 2.05) is 30.3 Å². The zero-order valence-electron chi connectivity index (χ0n) is 29.3. The predicted molar refractivity (Wildman–Crippen MR) is 186 cm³/mol. The van der Waals surface area contributed by atoms with Crippen LogP contribution in [-0.2, 0) is 23.7 Å². The van der Waals surface area contributed by atoms with Crippen molar-refractivity contribution < 1.29 is 54.3 Å². The Kier molecular flexibility index (Phi) is 44.1. The maximum Gasteiger partial charge on any atom is 0.112 e. The van der Waals surface area contributed by atoms with Crippen LogP contribution in [0.15, 0.2) is 12.7 Å². The molecule has 0 unspecified atom stereocenters. The molecule has 0 aromatic rings. The number of hydrogen-bond donors (Lipinski definition) is 6. The van der Waals surface area contributed by atoms with Crippen LogP contribution in [0.25, 0.3) is 0 Å². The lowest BCUT2D eigenvalue weighted by Crippen LogP contribution is -2.50. The molecule has 0 radical (unpaired) electrons. The fourth-order valence-corrected chi connectivity index (χ4v) is 4.01. The van der Waals surface area contributed by atoms with Crippen molar-refractivity contribution in [3.8, 4) is 42.5 Å². The SMILES string of the molecule is C.C=CC#N.N#CCCC[C@H](COCCC#N)[C@@H](OCCC#N)[C@H](OCCC#N)[C@H](COCCC#N)OCCC#N.OC[C@@H](O)[C@@H](O)[C@H](O)[C@@H](O)CO. The van der Waals surface area contributed by atoms with E-state index in [-0.39, 0.29) is 91.7 Å². The van der Waals surface area contributed by atoms with E-state index in [1.165, 1.54) is 6.08 Å². The molecule has 0 aliphatic heterocycles. The van der Waals surface area contributed by atoms with Gasteiger partial charge in [-0.1, -0.05) is 14.0 Å². The smallest absolute Gasteiger partial charge is 0.112 e. The summed E-state index contributed by atoms with van der Waals surface area (Å²) in [7, 11) is 0. The van der Waals surface area contributed by atoms with Gasteiger partial charge in [-0.3, -0.25) is 0 Å². The molecule has 0 saturated carbocycles. The molecule has 6 N–H and O–H groups in total. The normalized spacial score (nSPS) is 14.3. The summed E-state index contributed by atoms with van der Waals surface area (Å²) in [6.07, 6.45) is -5.02. The third kappa shape index (κ3) is 31.0. The van der Waals surface area contributed by atoms with Crippen molar-refractivity contribution in [1.82, 2.24) is 0 Å². The third-order valence-corrected chi connectivity index (χ3v) is 6.55. The molecular weight excluding hydrogens is 694 g/mol. The van der Waals surface area contributed by atoms with Crippen LogP contribution in [0.3, 0.4) is 0 Å². The second kappa shape index (κ2) is 42.1. The van der Waals surface area contributed by atoms with E-state index >= 15 is 0 Å².